The van der Waals surface area contributed by atoms with Crippen molar-refractivity contribution >= 4 is 29.9 Å². The molecule has 0 aliphatic carbocycles. The number of pyridine rings is 1. The molecule has 2 aliphatic heterocycles. The average molecular weight is 482 g/mol. The van der Waals surface area contributed by atoms with Gasteiger partial charge in [0, 0.05) is 68.1 Å². The van der Waals surface area contributed by atoms with Crippen molar-refractivity contribution in [1.82, 2.24) is 14.8 Å². The van der Waals surface area contributed by atoms with E-state index in [1.807, 2.05) is 24.4 Å². The molecule has 3 heterocycles. The van der Waals surface area contributed by atoms with Gasteiger partial charge in [0.05, 0.1) is 0 Å². The summed E-state index contributed by atoms with van der Waals surface area (Å²) in [5, 5.41) is 1.22. The molecule has 2 aliphatic rings. The van der Waals surface area contributed by atoms with Gasteiger partial charge in [0.15, 0.2) is 5.75 Å². The van der Waals surface area contributed by atoms with E-state index in [0.717, 1.165) is 56.0 Å². The number of fused-ring (bicyclic) bond motifs is 3. The lowest BCUT2D eigenvalue weighted by molar-refractivity contribution is 0.0503. The van der Waals surface area contributed by atoms with E-state index in [1.54, 1.807) is 0 Å². The number of rotatable bonds is 9. The molecule has 3 aromatic rings. The third-order valence-electron chi connectivity index (χ3n) is 7.91. The van der Waals surface area contributed by atoms with E-state index >= 15 is 0 Å². The predicted octanol–water partition coefficient (Wildman–Crippen LogP) is 4.86. The normalized spacial score (nSPS) is 17.7. The second kappa shape index (κ2) is 11.7. The minimum absolute atomic E-state index is 0.578. The van der Waals surface area contributed by atoms with Crippen molar-refractivity contribution in [3.63, 3.8) is 0 Å². The van der Waals surface area contributed by atoms with Crippen LogP contribution in [0.25, 0.3) is 10.9 Å². The Morgan fingerprint density at radius 3 is 2.58 bits per heavy atom. The van der Waals surface area contributed by atoms with Gasteiger partial charge in [-0.05, 0) is 42.7 Å². The number of ether oxygens (including phenoxy) is 1. The third kappa shape index (κ3) is 5.55. The first kappa shape index (κ1) is 25.1. The van der Waals surface area contributed by atoms with Crippen LogP contribution in [0.5, 0.6) is 5.75 Å². The number of unbranched alkanes of at least 4 members (excludes halogenated alkanes) is 2. The Morgan fingerprint density at radius 1 is 1.03 bits per heavy atom. The number of hydrogen-bond acceptors (Lipinski definition) is 5. The topological polar surface area (TPSA) is 31.8 Å². The zero-order chi connectivity index (χ0) is 24.9. The maximum absolute atomic E-state index is 6.39. The standard InChI is InChI=1S/C30H39BN4O/c1-3-5-6-8-26(4-2)35-21-24-19-23(28-9-7-14-32-29(28)30(24)36-22-35)20-33-15-17-34(18-16-33)27-12-10-25(31)11-13-27/h7,9-14,19,26H,3-6,8,15-18,20-22H2,1-2H3. The van der Waals surface area contributed by atoms with Crippen LogP contribution in [0.15, 0.2) is 48.7 Å². The molecule has 5 rings (SSSR count). The second-order valence-corrected chi connectivity index (χ2v) is 10.4. The van der Waals surface area contributed by atoms with Crippen LogP contribution in [0.4, 0.5) is 5.69 Å². The number of piperazine rings is 1. The molecule has 0 amide bonds. The molecule has 0 bridgehead atoms. The van der Waals surface area contributed by atoms with Crippen LogP contribution in [0.2, 0.25) is 0 Å². The van der Waals surface area contributed by atoms with Crippen LogP contribution < -0.4 is 15.1 Å². The van der Waals surface area contributed by atoms with Crippen LogP contribution in [0.3, 0.4) is 0 Å². The van der Waals surface area contributed by atoms with Crippen molar-refractivity contribution in [3.8, 4) is 5.75 Å². The lowest BCUT2D eigenvalue weighted by atomic mass is 9.96. The van der Waals surface area contributed by atoms with Crippen molar-refractivity contribution in [3.05, 3.63) is 59.8 Å². The maximum atomic E-state index is 6.39. The Labute approximate surface area is 217 Å². The van der Waals surface area contributed by atoms with Crippen molar-refractivity contribution in [2.45, 2.75) is 65.1 Å². The average Bonchev–Trinajstić information content (AvgIpc) is 2.92. The fourth-order valence-electron chi connectivity index (χ4n) is 5.77. The summed E-state index contributed by atoms with van der Waals surface area (Å²) in [5.41, 5.74) is 5.75. The monoisotopic (exact) mass is 482 g/mol. The molecule has 1 aromatic heterocycles. The van der Waals surface area contributed by atoms with E-state index in [1.165, 1.54) is 54.3 Å². The van der Waals surface area contributed by atoms with Gasteiger partial charge in [0.1, 0.15) is 20.1 Å². The highest BCUT2D eigenvalue weighted by Gasteiger charge is 2.27. The molecule has 0 saturated carbocycles. The molecule has 1 saturated heterocycles. The molecule has 1 fully saturated rings. The number of benzene rings is 2. The van der Waals surface area contributed by atoms with E-state index < -0.39 is 0 Å². The van der Waals surface area contributed by atoms with E-state index in [2.05, 4.69) is 52.8 Å². The summed E-state index contributed by atoms with van der Waals surface area (Å²) in [6.07, 6.45) is 8.19. The predicted molar refractivity (Wildman–Crippen MR) is 150 cm³/mol. The maximum Gasteiger partial charge on any atom is 0.152 e. The van der Waals surface area contributed by atoms with Gasteiger partial charge in [-0.2, -0.15) is 0 Å². The fourth-order valence-corrected chi connectivity index (χ4v) is 5.77. The van der Waals surface area contributed by atoms with Gasteiger partial charge in [-0.3, -0.25) is 14.8 Å². The van der Waals surface area contributed by atoms with Crippen molar-refractivity contribution in [2.24, 2.45) is 0 Å². The lowest BCUT2D eigenvalue weighted by Gasteiger charge is -2.37. The quantitative estimate of drug-likeness (QED) is 0.321. The second-order valence-electron chi connectivity index (χ2n) is 10.4. The Bertz CT molecular complexity index is 1140. The Kier molecular flexibility index (Phi) is 8.13. The van der Waals surface area contributed by atoms with Gasteiger partial charge in [-0.1, -0.05) is 56.8 Å². The molecule has 2 aromatic carbocycles. The van der Waals surface area contributed by atoms with Gasteiger partial charge in [-0.25, -0.2) is 0 Å². The molecular formula is C30H39BN4O. The number of aromatic nitrogens is 1. The van der Waals surface area contributed by atoms with Crippen LogP contribution in [0.1, 0.15) is 57.1 Å². The minimum atomic E-state index is 0.578. The Balaban J connectivity index is 1.31. The Morgan fingerprint density at radius 2 is 1.83 bits per heavy atom. The number of hydrogen-bond donors (Lipinski definition) is 0. The highest BCUT2D eigenvalue weighted by atomic mass is 16.5. The summed E-state index contributed by atoms with van der Waals surface area (Å²) in [7, 11) is 5.87. The van der Waals surface area contributed by atoms with Crippen molar-refractivity contribution in [2.75, 3.05) is 37.8 Å². The molecule has 6 heteroatoms. The molecule has 0 spiro atoms. The summed E-state index contributed by atoms with van der Waals surface area (Å²) >= 11 is 0. The van der Waals surface area contributed by atoms with E-state index in [-0.39, 0.29) is 0 Å². The van der Waals surface area contributed by atoms with E-state index in [9.17, 15) is 0 Å². The first-order valence-corrected chi connectivity index (χ1v) is 13.8. The molecule has 2 radical (unpaired) electrons. The molecule has 0 N–H and O–H groups in total. The van der Waals surface area contributed by atoms with Gasteiger partial charge in [0.2, 0.25) is 0 Å². The van der Waals surface area contributed by atoms with Crippen molar-refractivity contribution in [1.29, 1.82) is 0 Å². The summed E-state index contributed by atoms with van der Waals surface area (Å²) in [4.78, 5) is 12.3. The largest absolute Gasteiger partial charge is 0.475 e. The van der Waals surface area contributed by atoms with Gasteiger partial charge >= 0.3 is 0 Å². The first-order chi connectivity index (χ1) is 17.7. The minimum Gasteiger partial charge on any atom is -0.475 e. The van der Waals surface area contributed by atoms with Crippen LogP contribution in [-0.2, 0) is 13.1 Å². The number of anilines is 1. The zero-order valence-corrected chi connectivity index (χ0v) is 22.0. The highest BCUT2D eigenvalue weighted by Crippen LogP contribution is 2.36. The van der Waals surface area contributed by atoms with Gasteiger partial charge in [-0.15, -0.1) is 0 Å². The zero-order valence-electron chi connectivity index (χ0n) is 22.0. The van der Waals surface area contributed by atoms with Gasteiger partial charge < -0.3 is 9.64 Å². The first-order valence-electron chi connectivity index (χ1n) is 13.8. The van der Waals surface area contributed by atoms with E-state index in [4.69, 9.17) is 17.6 Å². The summed E-state index contributed by atoms with van der Waals surface area (Å²) < 4.78 is 6.39. The molecule has 188 valence electrons. The van der Waals surface area contributed by atoms with E-state index in [0.29, 0.717) is 12.8 Å². The Hall–Kier alpha value is -2.57. The summed E-state index contributed by atoms with van der Waals surface area (Å²) in [6, 6.07) is 15.5. The molecular weight excluding hydrogens is 443 g/mol. The van der Waals surface area contributed by atoms with Crippen LogP contribution >= 0.6 is 0 Å². The summed E-state index contributed by atoms with van der Waals surface area (Å²) in [5.74, 6) is 0.988. The third-order valence-corrected chi connectivity index (χ3v) is 7.91. The SMILES string of the molecule is [B]c1ccc(N2CCN(Cc3cc4c(c5ncccc35)OCN(C(CC)CCCCC)C4)CC2)cc1. The highest BCUT2D eigenvalue weighted by molar-refractivity contribution is 6.32. The van der Waals surface area contributed by atoms with Crippen LogP contribution in [-0.4, -0.2) is 61.6 Å². The summed E-state index contributed by atoms with van der Waals surface area (Å²) in [6.45, 7) is 11.3. The number of nitrogens with zero attached hydrogens (tertiary/aromatic N) is 4. The fraction of sp³-hybridized carbons (Fsp3) is 0.500. The van der Waals surface area contributed by atoms with Crippen molar-refractivity contribution < 1.29 is 4.74 Å². The molecule has 1 atom stereocenters. The lowest BCUT2D eigenvalue weighted by Crippen LogP contribution is -2.46. The molecule has 1 unspecified atom stereocenters. The van der Waals surface area contributed by atoms with Crippen LogP contribution in [0, 0.1) is 0 Å². The molecule has 36 heavy (non-hydrogen) atoms. The molecule has 5 nitrogen and oxygen atoms in total. The smallest absolute Gasteiger partial charge is 0.152 e. The van der Waals surface area contributed by atoms with Gasteiger partial charge in [0.25, 0.3) is 0 Å².